The SMILES string of the molecule is CCNC(=O)c1ccc(C)c(NC(=O)COC2CCCCC2)c1. The zero-order valence-electron chi connectivity index (χ0n) is 14.0. The average Bonchev–Trinajstić information content (AvgIpc) is 2.56. The Balaban J connectivity index is 1.91. The number of benzene rings is 1. The van der Waals surface area contributed by atoms with Gasteiger partial charge >= 0.3 is 0 Å². The lowest BCUT2D eigenvalue weighted by Crippen LogP contribution is -2.25. The van der Waals surface area contributed by atoms with Crippen LogP contribution in [0.15, 0.2) is 18.2 Å². The number of carbonyl (C=O) groups excluding carboxylic acids is 2. The van der Waals surface area contributed by atoms with Crippen molar-refractivity contribution < 1.29 is 14.3 Å². The van der Waals surface area contributed by atoms with Gasteiger partial charge in [-0.15, -0.1) is 0 Å². The Bertz CT molecular complexity index is 551. The maximum Gasteiger partial charge on any atom is 0.251 e. The highest BCUT2D eigenvalue weighted by Gasteiger charge is 2.16. The van der Waals surface area contributed by atoms with Crippen molar-refractivity contribution in [2.24, 2.45) is 0 Å². The molecule has 1 fully saturated rings. The predicted octanol–water partition coefficient (Wildman–Crippen LogP) is 3.03. The minimum absolute atomic E-state index is 0.0650. The van der Waals surface area contributed by atoms with E-state index in [1.54, 1.807) is 12.1 Å². The van der Waals surface area contributed by atoms with Gasteiger partial charge in [-0.25, -0.2) is 0 Å². The van der Waals surface area contributed by atoms with Crippen molar-refractivity contribution >= 4 is 17.5 Å². The molecule has 0 heterocycles. The summed E-state index contributed by atoms with van der Waals surface area (Å²) in [5.74, 6) is -0.312. The van der Waals surface area contributed by atoms with Gasteiger partial charge in [0.2, 0.25) is 5.91 Å². The zero-order valence-corrected chi connectivity index (χ0v) is 14.0. The quantitative estimate of drug-likeness (QED) is 0.847. The van der Waals surface area contributed by atoms with E-state index < -0.39 is 0 Å². The van der Waals surface area contributed by atoms with Crippen LogP contribution < -0.4 is 10.6 Å². The molecule has 0 unspecified atom stereocenters. The van der Waals surface area contributed by atoms with Crippen LogP contribution in [0.5, 0.6) is 0 Å². The summed E-state index contributed by atoms with van der Waals surface area (Å²) >= 11 is 0. The summed E-state index contributed by atoms with van der Waals surface area (Å²) in [7, 11) is 0. The predicted molar refractivity (Wildman–Crippen MR) is 90.6 cm³/mol. The number of amides is 2. The van der Waals surface area contributed by atoms with E-state index in [2.05, 4.69) is 10.6 Å². The van der Waals surface area contributed by atoms with Crippen molar-refractivity contribution in [3.8, 4) is 0 Å². The fraction of sp³-hybridized carbons (Fsp3) is 0.556. The monoisotopic (exact) mass is 318 g/mol. The average molecular weight is 318 g/mol. The third kappa shape index (κ3) is 5.36. The maximum absolute atomic E-state index is 12.1. The van der Waals surface area contributed by atoms with Crippen LogP contribution in [-0.4, -0.2) is 31.1 Å². The summed E-state index contributed by atoms with van der Waals surface area (Å²) in [6.07, 6.45) is 5.91. The second-order valence-electron chi connectivity index (χ2n) is 6.01. The minimum Gasteiger partial charge on any atom is -0.368 e. The summed E-state index contributed by atoms with van der Waals surface area (Å²) in [4.78, 5) is 24.0. The van der Waals surface area contributed by atoms with Crippen molar-refractivity contribution in [1.82, 2.24) is 5.32 Å². The van der Waals surface area contributed by atoms with Crippen molar-refractivity contribution in [1.29, 1.82) is 0 Å². The third-order valence-corrected chi connectivity index (χ3v) is 4.11. The standard InChI is InChI=1S/C18H26N2O3/c1-3-19-18(22)14-10-9-13(2)16(11-14)20-17(21)12-23-15-7-5-4-6-8-15/h9-11,15H,3-8,12H2,1-2H3,(H,19,22)(H,20,21). The summed E-state index contributed by atoms with van der Waals surface area (Å²) in [6, 6.07) is 5.30. The van der Waals surface area contributed by atoms with Crippen molar-refractivity contribution in [3.63, 3.8) is 0 Å². The fourth-order valence-electron chi connectivity index (χ4n) is 2.77. The summed E-state index contributed by atoms with van der Waals surface area (Å²) < 4.78 is 5.68. The summed E-state index contributed by atoms with van der Waals surface area (Å²) in [5.41, 5.74) is 2.12. The van der Waals surface area contributed by atoms with E-state index in [9.17, 15) is 9.59 Å². The third-order valence-electron chi connectivity index (χ3n) is 4.11. The molecule has 1 aliphatic rings. The first-order chi connectivity index (χ1) is 11.1. The number of aryl methyl sites for hydroxylation is 1. The number of hydrogen-bond acceptors (Lipinski definition) is 3. The van der Waals surface area contributed by atoms with Gasteiger partial charge < -0.3 is 15.4 Å². The number of nitrogens with one attached hydrogen (secondary N) is 2. The number of carbonyl (C=O) groups is 2. The molecule has 2 amide bonds. The molecule has 0 saturated heterocycles. The molecule has 0 spiro atoms. The summed E-state index contributed by atoms with van der Waals surface area (Å²) in [5, 5.41) is 5.60. The number of rotatable bonds is 6. The maximum atomic E-state index is 12.1. The van der Waals surface area contributed by atoms with Gasteiger partial charge in [-0.3, -0.25) is 9.59 Å². The lowest BCUT2D eigenvalue weighted by Gasteiger charge is -2.21. The van der Waals surface area contributed by atoms with Gasteiger partial charge in [0.1, 0.15) is 6.61 Å². The Hall–Kier alpha value is -1.88. The Kier molecular flexibility index (Phi) is 6.59. The van der Waals surface area contributed by atoms with E-state index >= 15 is 0 Å². The molecule has 0 atom stereocenters. The van der Waals surface area contributed by atoms with E-state index in [4.69, 9.17) is 4.74 Å². The largest absolute Gasteiger partial charge is 0.368 e. The molecule has 0 aromatic heterocycles. The highest BCUT2D eigenvalue weighted by molar-refractivity contribution is 5.98. The second-order valence-corrected chi connectivity index (χ2v) is 6.01. The molecule has 5 nitrogen and oxygen atoms in total. The van der Waals surface area contributed by atoms with Crippen LogP contribution in [-0.2, 0) is 9.53 Å². The van der Waals surface area contributed by atoms with Gasteiger partial charge in [-0.05, 0) is 44.4 Å². The van der Waals surface area contributed by atoms with Crippen LogP contribution in [0.3, 0.4) is 0 Å². The highest BCUT2D eigenvalue weighted by Crippen LogP contribution is 2.21. The lowest BCUT2D eigenvalue weighted by molar-refractivity contribution is -0.123. The van der Waals surface area contributed by atoms with Gasteiger partial charge in [0, 0.05) is 17.8 Å². The van der Waals surface area contributed by atoms with Crippen molar-refractivity contribution in [2.45, 2.75) is 52.1 Å². The molecule has 0 bridgehead atoms. The fourth-order valence-corrected chi connectivity index (χ4v) is 2.77. The van der Waals surface area contributed by atoms with E-state index in [-0.39, 0.29) is 24.5 Å². The molecule has 2 N–H and O–H groups in total. The van der Waals surface area contributed by atoms with Crippen LogP contribution in [0.1, 0.15) is 54.9 Å². The van der Waals surface area contributed by atoms with Crippen LogP contribution in [0, 0.1) is 6.92 Å². The molecule has 1 aromatic carbocycles. The second kappa shape index (κ2) is 8.67. The van der Waals surface area contributed by atoms with Gasteiger partial charge in [-0.1, -0.05) is 25.3 Å². The van der Waals surface area contributed by atoms with Gasteiger partial charge in [-0.2, -0.15) is 0 Å². The van der Waals surface area contributed by atoms with Crippen molar-refractivity contribution in [3.05, 3.63) is 29.3 Å². The first kappa shape index (κ1) is 17.5. The molecule has 23 heavy (non-hydrogen) atoms. The molecule has 1 aromatic rings. The topological polar surface area (TPSA) is 67.4 Å². The van der Waals surface area contributed by atoms with E-state index in [1.165, 1.54) is 19.3 Å². The van der Waals surface area contributed by atoms with Crippen molar-refractivity contribution in [2.75, 3.05) is 18.5 Å². The molecule has 0 aliphatic heterocycles. The molecule has 126 valence electrons. The van der Waals surface area contributed by atoms with Gasteiger partial charge in [0.25, 0.3) is 5.91 Å². The molecule has 1 saturated carbocycles. The number of hydrogen-bond donors (Lipinski definition) is 2. The first-order valence-corrected chi connectivity index (χ1v) is 8.40. The Morgan fingerprint density at radius 1 is 1.22 bits per heavy atom. The molecule has 1 aliphatic carbocycles. The first-order valence-electron chi connectivity index (χ1n) is 8.40. The molecular formula is C18H26N2O3. The van der Waals surface area contributed by atoms with Crippen LogP contribution in [0.2, 0.25) is 0 Å². The van der Waals surface area contributed by atoms with Gasteiger partial charge in [0.15, 0.2) is 0 Å². The van der Waals surface area contributed by atoms with E-state index in [0.29, 0.717) is 17.8 Å². The highest BCUT2D eigenvalue weighted by atomic mass is 16.5. The number of anilines is 1. The lowest BCUT2D eigenvalue weighted by atomic mass is 9.98. The Labute approximate surface area is 137 Å². The summed E-state index contributed by atoms with van der Waals surface area (Å²) in [6.45, 7) is 4.41. The van der Waals surface area contributed by atoms with E-state index in [0.717, 1.165) is 18.4 Å². The molecule has 0 radical (unpaired) electrons. The number of ether oxygens (including phenoxy) is 1. The van der Waals surface area contributed by atoms with Crippen LogP contribution in [0.25, 0.3) is 0 Å². The zero-order chi connectivity index (χ0) is 16.7. The molecule has 2 rings (SSSR count). The Morgan fingerprint density at radius 3 is 2.65 bits per heavy atom. The normalized spacial score (nSPS) is 15.2. The molecule has 5 heteroatoms. The van der Waals surface area contributed by atoms with Crippen LogP contribution >= 0.6 is 0 Å². The molecular weight excluding hydrogens is 292 g/mol. The Morgan fingerprint density at radius 2 is 1.96 bits per heavy atom. The van der Waals surface area contributed by atoms with Crippen LogP contribution in [0.4, 0.5) is 5.69 Å². The smallest absolute Gasteiger partial charge is 0.251 e. The van der Waals surface area contributed by atoms with E-state index in [1.807, 2.05) is 19.9 Å². The minimum atomic E-state index is -0.174. The van der Waals surface area contributed by atoms with Gasteiger partial charge in [0.05, 0.1) is 6.10 Å².